The first kappa shape index (κ1) is 60.7. The number of nitrogens with zero attached hydrogens (tertiary/aromatic N) is 1. The Hall–Kier alpha value is -2.32. The maximum absolute atomic E-state index is 13.1. The molecule has 0 aliphatic rings. The van der Waals surface area contributed by atoms with Gasteiger partial charge in [0.2, 0.25) is 0 Å². The van der Waals surface area contributed by atoms with Crippen molar-refractivity contribution in [3.05, 3.63) is 28.8 Å². The topological polar surface area (TPSA) is 105 Å². The largest absolute Gasteiger partial charge is 0.506 e. The number of carbonyl (C=O) groups is 3. The number of nitrogens with one attached hydrogen (secondary N) is 1. The molecule has 1 unspecified atom stereocenters. The number of phenols is 1. The summed E-state index contributed by atoms with van der Waals surface area (Å²) in [5.74, 6) is 0.239. The molecule has 0 aromatic heterocycles. The molecule has 0 aliphatic carbocycles. The Bertz CT molecular complexity index is 1270. The van der Waals surface area contributed by atoms with Crippen LogP contribution >= 0.6 is 11.6 Å². The predicted molar refractivity (Wildman–Crippen MR) is 275 cm³/mol. The highest BCUT2D eigenvalue weighted by molar-refractivity contribution is 6.32. The van der Waals surface area contributed by atoms with Crippen molar-refractivity contribution in [1.29, 1.82) is 0 Å². The highest BCUT2D eigenvalue weighted by Crippen LogP contribution is 2.27. The second-order valence-corrected chi connectivity index (χ2v) is 19.6. The van der Waals surface area contributed by atoms with Crippen molar-refractivity contribution in [3.8, 4) is 5.75 Å². The molecule has 0 fully saturated rings. The summed E-state index contributed by atoms with van der Waals surface area (Å²) in [7, 11) is 0. The second-order valence-electron chi connectivity index (χ2n) is 19.2. The Labute approximate surface area is 405 Å². The van der Waals surface area contributed by atoms with Crippen LogP contribution in [0.4, 0.5) is 0 Å². The van der Waals surface area contributed by atoms with Crippen LogP contribution in [0.25, 0.3) is 0 Å². The number of hydrogen-bond donors (Lipinski definition) is 2. The Morgan fingerprint density at radius 2 is 1.00 bits per heavy atom. The zero-order valence-corrected chi connectivity index (χ0v) is 43.4. The van der Waals surface area contributed by atoms with Gasteiger partial charge in [-0.1, -0.05) is 212 Å². The van der Waals surface area contributed by atoms with Crippen molar-refractivity contribution >= 4 is 29.4 Å². The van der Waals surface area contributed by atoms with Crippen LogP contribution in [-0.4, -0.2) is 67.2 Å². The molecule has 1 aromatic rings. The normalized spacial score (nSPS) is 12.0. The molecule has 0 bridgehead atoms. The molecule has 65 heavy (non-hydrogen) atoms. The van der Waals surface area contributed by atoms with Crippen LogP contribution in [0.3, 0.4) is 0 Å². The molecule has 378 valence electrons. The molecule has 0 aliphatic heterocycles. The number of rotatable bonds is 47. The molecular weight excluding hydrogens is 832 g/mol. The number of carbonyl (C=O) groups excluding carboxylic acids is 3. The lowest BCUT2D eigenvalue weighted by Crippen LogP contribution is -2.31. The zero-order chi connectivity index (χ0) is 47.4. The highest BCUT2D eigenvalue weighted by Gasteiger charge is 2.20. The average Bonchev–Trinajstić information content (AvgIpc) is 3.30. The first-order valence-corrected chi connectivity index (χ1v) is 27.9. The van der Waals surface area contributed by atoms with Gasteiger partial charge in [0, 0.05) is 13.0 Å². The van der Waals surface area contributed by atoms with Crippen LogP contribution in [0.15, 0.2) is 18.2 Å². The van der Waals surface area contributed by atoms with Crippen LogP contribution in [0.1, 0.15) is 263 Å². The lowest BCUT2D eigenvalue weighted by Gasteiger charge is -2.22. The van der Waals surface area contributed by atoms with Crippen molar-refractivity contribution in [3.63, 3.8) is 0 Å². The summed E-state index contributed by atoms with van der Waals surface area (Å²) in [4.78, 5) is 40.9. The highest BCUT2D eigenvalue weighted by atomic mass is 35.5. The lowest BCUT2D eigenvalue weighted by atomic mass is 9.90. The second kappa shape index (κ2) is 44.2. The molecular formula is C56H101ClN2O6. The molecule has 1 aromatic carbocycles. The van der Waals surface area contributed by atoms with E-state index in [1.54, 1.807) is 18.2 Å². The fourth-order valence-corrected chi connectivity index (χ4v) is 9.14. The summed E-state index contributed by atoms with van der Waals surface area (Å²) in [5.41, 5.74) is 0.198. The SMILES string of the molecule is CCCCCCCCC(CCCCCC)C(=O)OCCCCCCCN(CCCCCCCOC(=O)CCC(CCCCCC)CCCCCC)CCCNC(=O)c1cccc(Cl)c1O. The van der Waals surface area contributed by atoms with E-state index in [4.69, 9.17) is 21.1 Å². The molecule has 1 rings (SSSR count). The third-order valence-electron chi connectivity index (χ3n) is 13.2. The van der Waals surface area contributed by atoms with Crippen LogP contribution < -0.4 is 5.32 Å². The monoisotopic (exact) mass is 933 g/mol. The van der Waals surface area contributed by atoms with Gasteiger partial charge in [0.25, 0.3) is 5.91 Å². The van der Waals surface area contributed by atoms with Crippen LogP contribution in [0, 0.1) is 11.8 Å². The van der Waals surface area contributed by atoms with Crippen LogP contribution in [-0.2, 0) is 19.1 Å². The average molecular weight is 934 g/mol. The number of hydrogen-bond acceptors (Lipinski definition) is 7. The van der Waals surface area contributed by atoms with Crippen molar-refractivity contribution in [2.45, 2.75) is 252 Å². The van der Waals surface area contributed by atoms with Crippen LogP contribution in [0.2, 0.25) is 5.02 Å². The number of phenolic OH excluding ortho intramolecular Hbond substituents is 1. The van der Waals surface area contributed by atoms with Gasteiger partial charge in [0.1, 0.15) is 5.75 Å². The van der Waals surface area contributed by atoms with Crippen LogP contribution in [0.5, 0.6) is 5.75 Å². The maximum Gasteiger partial charge on any atom is 0.308 e. The van der Waals surface area contributed by atoms with Gasteiger partial charge in [-0.05, 0) is 89.1 Å². The van der Waals surface area contributed by atoms with E-state index in [0.29, 0.717) is 32.1 Å². The molecule has 0 heterocycles. The minimum atomic E-state index is -0.312. The smallest absolute Gasteiger partial charge is 0.308 e. The van der Waals surface area contributed by atoms with Gasteiger partial charge < -0.3 is 24.8 Å². The molecule has 0 saturated carbocycles. The van der Waals surface area contributed by atoms with E-state index in [1.807, 2.05) is 0 Å². The molecule has 0 radical (unpaired) electrons. The van der Waals surface area contributed by atoms with E-state index in [2.05, 4.69) is 37.9 Å². The molecule has 0 saturated heterocycles. The van der Waals surface area contributed by atoms with Crippen molar-refractivity contribution < 1.29 is 29.0 Å². The van der Waals surface area contributed by atoms with Gasteiger partial charge in [0.05, 0.1) is 29.7 Å². The van der Waals surface area contributed by atoms with E-state index < -0.39 is 0 Å². The van der Waals surface area contributed by atoms with Gasteiger partial charge >= 0.3 is 11.9 Å². The standard InChI is InChI=1S/C56H101ClN2O6/c1-5-9-13-17-20-28-38-50(37-27-16-12-8-4)56(63)65-48-32-24-19-22-30-45-59(46-34-43-58-55(62)51-39-33-40-52(57)54(51)61)44-29-21-18-23-31-47-64-53(60)42-41-49(35-25-14-10-6-2)36-26-15-11-7-3/h33,39-40,49-50,61H,5-32,34-38,41-48H2,1-4H3,(H,58,62). The zero-order valence-electron chi connectivity index (χ0n) is 42.7. The molecule has 0 spiro atoms. The Morgan fingerprint density at radius 1 is 0.554 bits per heavy atom. The van der Waals surface area contributed by atoms with Gasteiger partial charge in [-0.2, -0.15) is 0 Å². The number of amides is 1. The molecule has 1 amide bonds. The third kappa shape index (κ3) is 34.6. The van der Waals surface area contributed by atoms with Gasteiger partial charge in [-0.25, -0.2) is 0 Å². The molecule has 8 nitrogen and oxygen atoms in total. The number of esters is 2. The number of ether oxygens (including phenoxy) is 2. The minimum Gasteiger partial charge on any atom is -0.506 e. The van der Waals surface area contributed by atoms with E-state index in [9.17, 15) is 19.5 Å². The number of unbranched alkanes of at least 4 members (excludes halogenated alkanes) is 22. The minimum absolute atomic E-state index is 0.0209. The van der Waals surface area contributed by atoms with E-state index in [0.717, 1.165) is 122 Å². The van der Waals surface area contributed by atoms with Crippen molar-refractivity contribution in [2.75, 3.05) is 39.4 Å². The summed E-state index contributed by atoms with van der Waals surface area (Å²) >= 11 is 6.03. The number of aromatic hydroxyl groups is 1. The predicted octanol–water partition coefficient (Wildman–Crippen LogP) is 16.1. The summed E-state index contributed by atoms with van der Waals surface area (Å²) in [6.07, 6.45) is 40.2. The quantitative estimate of drug-likeness (QED) is 0.0495. The lowest BCUT2D eigenvalue weighted by molar-refractivity contribution is -0.149. The Kier molecular flexibility index (Phi) is 41.3. The van der Waals surface area contributed by atoms with Gasteiger partial charge in [-0.3, -0.25) is 14.4 Å². The summed E-state index contributed by atoms with van der Waals surface area (Å²) in [5, 5.41) is 13.4. The fraction of sp³-hybridized carbons (Fsp3) is 0.839. The van der Waals surface area contributed by atoms with Gasteiger partial charge in [0.15, 0.2) is 0 Å². The third-order valence-corrected chi connectivity index (χ3v) is 13.6. The molecule has 2 N–H and O–H groups in total. The Morgan fingerprint density at radius 3 is 1.55 bits per heavy atom. The van der Waals surface area contributed by atoms with E-state index in [-0.39, 0.29) is 40.1 Å². The van der Waals surface area contributed by atoms with Crippen molar-refractivity contribution in [2.24, 2.45) is 11.8 Å². The first-order valence-electron chi connectivity index (χ1n) is 27.6. The van der Waals surface area contributed by atoms with E-state index in [1.165, 1.54) is 116 Å². The molecule has 1 atom stereocenters. The summed E-state index contributed by atoms with van der Waals surface area (Å²) < 4.78 is 11.5. The number of para-hydroxylation sites is 1. The summed E-state index contributed by atoms with van der Waals surface area (Å²) in [6.45, 7) is 13.5. The summed E-state index contributed by atoms with van der Waals surface area (Å²) in [6, 6.07) is 4.83. The Balaban J connectivity index is 2.45. The first-order chi connectivity index (χ1) is 31.8. The fourth-order valence-electron chi connectivity index (χ4n) is 8.96. The van der Waals surface area contributed by atoms with Crippen molar-refractivity contribution in [1.82, 2.24) is 10.2 Å². The van der Waals surface area contributed by atoms with Gasteiger partial charge in [-0.15, -0.1) is 0 Å². The number of halogens is 1. The number of benzene rings is 1. The molecule has 9 heteroatoms. The maximum atomic E-state index is 13.1. The van der Waals surface area contributed by atoms with E-state index >= 15 is 0 Å².